The largest absolute Gasteiger partial charge is 0.405 e. The number of aromatic nitrogens is 4. The molecule has 0 saturated carbocycles. The van der Waals surface area contributed by atoms with Crippen molar-refractivity contribution in [2.24, 2.45) is 0 Å². The van der Waals surface area contributed by atoms with Crippen molar-refractivity contribution < 1.29 is 35.1 Å². The van der Waals surface area contributed by atoms with E-state index in [4.69, 9.17) is 11.6 Å². The van der Waals surface area contributed by atoms with Crippen LogP contribution in [0.1, 0.15) is 0 Å². The van der Waals surface area contributed by atoms with Gasteiger partial charge in [0.25, 0.3) is 5.78 Å². The van der Waals surface area contributed by atoms with Gasteiger partial charge in [0.1, 0.15) is 42.0 Å². The highest BCUT2D eigenvalue weighted by Crippen LogP contribution is 2.40. The van der Waals surface area contributed by atoms with Crippen molar-refractivity contribution in [2.75, 3.05) is 18.0 Å². The molecule has 5 nitrogen and oxygen atoms in total. The highest BCUT2D eigenvalue weighted by atomic mass is 35.5. The van der Waals surface area contributed by atoms with Crippen LogP contribution in [0, 0.1) is 11.6 Å². The molecule has 3 aromatic rings. The first-order valence-corrected chi connectivity index (χ1v) is 7.97. The predicted octanol–water partition coefficient (Wildman–Crippen LogP) is 4.65. The van der Waals surface area contributed by atoms with Crippen molar-refractivity contribution >= 4 is 23.2 Å². The Kier molecular flexibility index (Phi) is 5.28. The third-order valence-electron chi connectivity index (χ3n) is 3.61. The van der Waals surface area contributed by atoms with Crippen molar-refractivity contribution in [3.05, 3.63) is 41.3 Å². The lowest BCUT2D eigenvalue weighted by molar-refractivity contribution is -0.137. The van der Waals surface area contributed by atoms with Gasteiger partial charge in [-0.3, -0.25) is 0 Å². The zero-order chi connectivity index (χ0) is 21.6. The fourth-order valence-corrected chi connectivity index (χ4v) is 2.94. The SMILES string of the molecule is Fc1cccc(F)c1-c1c(Cl)nc2ncnn2c1N(CC(F)(F)F)CC(F)(F)F. The highest BCUT2D eigenvalue weighted by molar-refractivity contribution is 6.33. The minimum absolute atomic E-state index is 0.184. The van der Waals surface area contributed by atoms with E-state index in [2.05, 4.69) is 15.1 Å². The van der Waals surface area contributed by atoms with Gasteiger partial charge in [-0.25, -0.2) is 8.78 Å². The first-order chi connectivity index (χ1) is 13.4. The van der Waals surface area contributed by atoms with E-state index >= 15 is 0 Å². The van der Waals surface area contributed by atoms with Crippen LogP contribution >= 0.6 is 11.6 Å². The summed E-state index contributed by atoms with van der Waals surface area (Å²) < 4.78 is 107. The number of hydrogen-bond acceptors (Lipinski definition) is 4. The van der Waals surface area contributed by atoms with E-state index in [0.717, 1.165) is 24.5 Å². The van der Waals surface area contributed by atoms with Crippen LogP contribution in [0.4, 0.5) is 40.9 Å². The summed E-state index contributed by atoms with van der Waals surface area (Å²) in [6.07, 6.45) is -9.40. The Morgan fingerprint density at radius 2 is 1.48 bits per heavy atom. The molecule has 0 aliphatic heterocycles. The molecule has 0 unspecified atom stereocenters. The van der Waals surface area contributed by atoms with Crippen LogP contribution in [0.2, 0.25) is 5.15 Å². The Morgan fingerprint density at radius 1 is 0.931 bits per heavy atom. The molecule has 0 fully saturated rings. The lowest BCUT2D eigenvalue weighted by Gasteiger charge is -2.29. The minimum atomic E-state index is -5.10. The van der Waals surface area contributed by atoms with Gasteiger partial charge in [0.15, 0.2) is 0 Å². The summed E-state index contributed by atoms with van der Waals surface area (Å²) in [4.78, 5) is 7.05. The molecule has 29 heavy (non-hydrogen) atoms. The van der Waals surface area contributed by atoms with Gasteiger partial charge in [-0.1, -0.05) is 17.7 Å². The lowest BCUT2D eigenvalue weighted by atomic mass is 10.1. The lowest BCUT2D eigenvalue weighted by Crippen LogP contribution is -2.42. The average molecular weight is 446 g/mol. The normalized spacial score (nSPS) is 12.6. The number of rotatable bonds is 4. The van der Waals surface area contributed by atoms with E-state index in [1.54, 1.807) is 0 Å². The Labute approximate surface area is 161 Å². The maximum Gasteiger partial charge on any atom is 0.405 e. The fourth-order valence-electron chi connectivity index (χ4n) is 2.69. The van der Waals surface area contributed by atoms with Crippen LogP contribution in [0.3, 0.4) is 0 Å². The van der Waals surface area contributed by atoms with Crippen LogP contribution in [-0.4, -0.2) is 45.0 Å². The summed E-state index contributed by atoms with van der Waals surface area (Å²) in [6.45, 7) is -4.21. The Bertz CT molecular complexity index is 1010. The van der Waals surface area contributed by atoms with Gasteiger partial charge in [-0.2, -0.15) is 45.9 Å². The first-order valence-electron chi connectivity index (χ1n) is 7.59. The maximum atomic E-state index is 14.3. The van der Waals surface area contributed by atoms with Crippen LogP contribution in [-0.2, 0) is 0 Å². The molecule has 0 spiro atoms. The van der Waals surface area contributed by atoms with Crippen LogP contribution in [0.5, 0.6) is 0 Å². The van der Waals surface area contributed by atoms with E-state index in [-0.39, 0.29) is 4.90 Å². The number of alkyl halides is 6. The summed E-state index contributed by atoms with van der Waals surface area (Å²) in [7, 11) is 0. The van der Waals surface area contributed by atoms with Gasteiger partial charge in [-0.15, -0.1) is 0 Å². The monoisotopic (exact) mass is 445 g/mol. The van der Waals surface area contributed by atoms with Gasteiger partial charge in [0.05, 0.1) is 11.1 Å². The van der Waals surface area contributed by atoms with Gasteiger partial charge >= 0.3 is 12.4 Å². The van der Waals surface area contributed by atoms with Gasteiger partial charge in [0, 0.05) is 0 Å². The molecule has 3 rings (SSSR count). The Morgan fingerprint density at radius 3 is 2.00 bits per heavy atom. The third kappa shape index (κ3) is 4.49. The molecule has 0 N–H and O–H groups in total. The zero-order valence-electron chi connectivity index (χ0n) is 13.9. The number of anilines is 1. The standard InChI is InChI=1S/C15H8ClF8N5/c16-11-10(9-7(17)2-1-3-8(9)18)12(29-13(27-11)25-6-26-29)28(4-14(19,20)21)5-15(22,23)24/h1-3,6H,4-5H2. The summed E-state index contributed by atoms with van der Waals surface area (Å²) in [6, 6.07) is 2.50. The van der Waals surface area contributed by atoms with Crippen molar-refractivity contribution in [3.8, 4) is 11.1 Å². The second kappa shape index (κ2) is 7.28. The summed E-state index contributed by atoms with van der Waals surface area (Å²) in [5.41, 5.74) is -1.78. The van der Waals surface area contributed by atoms with Crippen LogP contribution in [0.25, 0.3) is 16.9 Å². The molecule has 2 heterocycles. The Balaban J connectivity index is 2.38. The molecule has 0 aliphatic rings. The Hall–Kier alpha value is -2.70. The average Bonchev–Trinajstić information content (AvgIpc) is 2.99. The predicted molar refractivity (Wildman–Crippen MR) is 85.5 cm³/mol. The molecule has 0 amide bonds. The number of halogens is 9. The molecule has 0 bridgehead atoms. The number of fused-ring (bicyclic) bond motifs is 1. The van der Waals surface area contributed by atoms with Crippen molar-refractivity contribution in [2.45, 2.75) is 12.4 Å². The van der Waals surface area contributed by atoms with E-state index in [0.29, 0.717) is 4.52 Å². The maximum absolute atomic E-state index is 14.3. The fraction of sp³-hybridized carbons (Fsp3) is 0.267. The topological polar surface area (TPSA) is 46.3 Å². The highest BCUT2D eigenvalue weighted by Gasteiger charge is 2.40. The molecule has 0 saturated heterocycles. The summed E-state index contributed by atoms with van der Waals surface area (Å²) in [5.74, 6) is -3.96. The summed E-state index contributed by atoms with van der Waals surface area (Å²) in [5, 5.41) is 2.80. The van der Waals surface area contributed by atoms with E-state index in [9.17, 15) is 35.1 Å². The quantitative estimate of drug-likeness (QED) is 0.433. The van der Waals surface area contributed by atoms with Crippen LogP contribution < -0.4 is 4.90 Å². The molecule has 0 radical (unpaired) electrons. The van der Waals surface area contributed by atoms with Gasteiger partial charge in [0.2, 0.25) is 0 Å². The minimum Gasteiger partial charge on any atom is -0.338 e. The van der Waals surface area contributed by atoms with E-state index in [1.807, 2.05) is 0 Å². The summed E-state index contributed by atoms with van der Waals surface area (Å²) >= 11 is 5.92. The molecular weight excluding hydrogens is 438 g/mol. The molecule has 14 heteroatoms. The molecule has 0 atom stereocenters. The molecule has 2 aromatic heterocycles. The van der Waals surface area contributed by atoms with E-state index < -0.39 is 65.0 Å². The second-order valence-corrected chi connectivity index (χ2v) is 6.11. The molecular formula is C15H8ClF8N5. The number of hydrogen-bond donors (Lipinski definition) is 0. The van der Waals surface area contributed by atoms with Crippen molar-refractivity contribution in [1.82, 2.24) is 19.6 Å². The van der Waals surface area contributed by atoms with E-state index in [1.165, 1.54) is 0 Å². The van der Waals surface area contributed by atoms with Crippen molar-refractivity contribution in [3.63, 3.8) is 0 Å². The molecule has 156 valence electrons. The van der Waals surface area contributed by atoms with Crippen molar-refractivity contribution in [1.29, 1.82) is 0 Å². The van der Waals surface area contributed by atoms with Gasteiger partial charge in [-0.05, 0) is 12.1 Å². The molecule has 1 aromatic carbocycles. The smallest absolute Gasteiger partial charge is 0.338 e. The number of benzene rings is 1. The van der Waals surface area contributed by atoms with Crippen LogP contribution in [0.15, 0.2) is 24.5 Å². The molecule has 0 aliphatic carbocycles. The number of nitrogens with zero attached hydrogens (tertiary/aromatic N) is 5. The van der Waals surface area contributed by atoms with Gasteiger partial charge < -0.3 is 4.90 Å². The third-order valence-corrected chi connectivity index (χ3v) is 3.88. The zero-order valence-corrected chi connectivity index (χ0v) is 14.6. The first kappa shape index (κ1) is 21.0. The second-order valence-electron chi connectivity index (χ2n) is 5.76.